The number of H-pyrrole nitrogens is 1. The second-order valence-corrected chi connectivity index (χ2v) is 8.88. The molecular formula is C23H29N3. The number of aromatic nitrogens is 1. The molecule has 7 rings (SSSR count). The Morgan fingerprint density at radius 2 is 2.04 bits per heavy atom. The van der Waals surface area contributed by atoms with Crippen LogP contribution in [-0.4, -0.2) is 46.5 Å². The molecule has 26 heavy (non-hydrogen) atoms. The molecule has 136 valence electrons. The van der Waals surface area contributed by atoms with E-state index in [2.05, 4.69) is 51.7 Å². The normalized spacial score (nSPS) is 36.5. The zero-order chi connectivity index (χ0) is 17.3. The molecule has 1 aromatic carbocycles. The lowest BCUT2D eigenvalue weighted by Gasteiger charge is -2.63. The van der Waals surface area contributed by atoms with Crippen molar-refractivity contribution >= 4 is 10.9 Å². The van der Waals surface area contributed by atoms with Crippen molar-refractivity contribution < 1.29 is 0 Å². The number of benzene rings is 1. The summed E-state index contributed by atoms with van der Waals surface area (Å²) in [6.45, 7) is 7.63. The predicted molar refractivity (Wildman–Crippen MR) is 106 cm³/mol. The van der Waals surface area contributed by atoms with E-state index in [1.165, 1.54) is 56.1 Å². The summed E-state index contributed by atoms with van der Waals surface area (Å²) >= 11 is 0. The van der Waals surface area contributed by atoms with Crippen LogP contribution in [0.2, 0.25) is 0 Å². The number of piperidine rings is 3. The van der Waals surface area contributed by atoms with Crippen molar-refractivity contribution in [2.45, 2.75) is 50.2 Å². The minimum Gasteiger partial charge on any atom is -0.357 e. The molecule has 2 bridgehead atoms. The lowest BCUT2D eigenvalue weighted by molar-refractivity contribution is -0.130. The van der Waals surface area contributed by atoms with Crippen LogP contribution in [0.15, 0.2) is 36.9 Å². The van der Waals surface area contributed by atoms with E-state index in [0.29, 0.717) is 6.04 Å². The van der Waals surface area contributed by atoms with Crippen LogP contribution in [0, 0.1) is 11.8 Å². The summed E-state index contributed by atoms with van der Waals surface area (Å²) in [6, 6.07) is 11.1. The maximum atomic E-state index is 4.04. The van der Waals surface area contributed by atoms with Crippen LogP contribution in [0.3, 0.4) is 0 Å². The van der Waals surface area contributed by atoms with Gasteiger partial charge in [0.05, 0.1) is 6.04 Å². The standard InChI is InChI=1S/C23H29N3/c1-2-12-25-13-5-7-17-20-10-9-18(22(17)25)23-21-16(11-14-26(20)23)15-6-3-4-8-19(15)24-21/h2-4,6,8,17-18,20,22-24H,1,5,7,9-14H2/t17-,18-,20?,22-,23+/m0/s1. The number of rotatable bonds is 2. The Balaban J connectivity index is 1.47. The predicted octanol–water partition coefficient (Wildman–Crippen LogP) is 4.13. The van der Waals surface area contributed by atoms with Gasteiger partial charge in [0.1, 0.15) is 0 Å². The summed E-state index contributed by atoms with van der Waals surface area (Å²) in [6.07, 6.45) is 8.95. The van der Waals surface area contributed by atoms with Gasteiger partial charge in [0.15, 0.2) is 0 Å². The first-order chi connectivity index (χ1) is 12.9. The van der Waals surface area contributed by atoms with E-state index >= 15 is 0 Å². The van der Waals surface area contributed by atoms with Crippen LogP contribution in [-0.2, 0) is 6.42 Å². The molecule has 1 aromatic heterocycles. The number of hydrogen-bond donors (Lipinski definition) is 1. The smallest absolute Gasteiger partial charge is 0.0547 e. The van der Waals surface area contributed by atoms with Gasteiger partial charge in [-0.3, -0.25) is 9.80 Å². The van der Waals surface area contributed by atoms with Gasteiger partial charge in [-0.1, -0.05) is 24.3 Å². The van der Waals surface area contributed by atoms with Crippen molar-refractivity contribution in [1.82, 2.24) is 14.8 Å². The highest BCUT2D eigenvalue weighted by atomic mass is 15.3. The SMILES string of the molecule is C=CCN1CCC[C@H]2C3CC[C@@H]([C@H]21)[C@@H]1c2[nH]c4ccccc4c2CCN31. The second kappa shape index (κ2) is 5.71. The Hall–Kier alpha value is -1.58. The number of hydrogen-bond acceptors (Lipinski definition) is 2. The topological polar surface area (TPSA) is 22.3 Å². The Kier molecular flexibility index (Phi) is 3.40. The van der Waals surface area contributed by atoms with Crippen molar-refractivity contribution in [3.8, 4) is 0 Å². The van der Waals surface area contributed by atoms with Crippen LogP contribution in [0.5, 0.6) is 0 Å². The Morgan fingerprint density at radius 3 is 2.96 bits per heavy atom. The maximum Gasteiger partial charge on any atom is 0.0547 e. The molecule has 4 aliphatic heterocycles. The highest BCUT2D eigenvalue weighted by Gasteiger charge is 2.56. The number of aromatic amines is 1. The van der Waals surface area contributed by atoms with Gasteiger partial charge in [-0.25, -0.2) is 0 Å². The van der Waals surface area contributed by atoms with Crippen LogP contribution in [0.1, 0.15) is 43.0 Å². The molecule has 1 saturated carbocycles. The van der Waals surface area contributed by atoms with Gasteiger partial charge < -0.3 is 4.98 Å². The van der Waals surface area contributed by atoms with E-state index < -0.39 is 0 Å². The minimum atomic E-state index is 0.608. The van der Waals surface area contributed by atoms with E-state index in [-0.39, 0.29) is 0 Å². The largest absolute Gasteiger partial charge is 0.357 e. The Labute approximate surface area is 156 Å². The fraction of sp³-hybridized carbons (Fsp3) is 0.565. The molecule has 0 spiro atoms. The first kappa shape index (κ1) is 15.5. The van der Waals surface area contributed by atoms with Gasteiger partial charge in [-0.05, 0) is 62.1 Å². The average Bonchev–Trinajstić information content (AvgIpc) is 3.08. The molecule has 1 N–H and O–H groups in total. The first-order valence-electron chi connectivity index (χ1n) is 10.6. The summed E-state index contributed by atoms with van der Waals surface area (Å²) in [7, 11) is 0. The average molecular weight is 348 g/mol. The highest BCUT2D eigenvalue weighted by Crippen LogP contribution is 2.56. The summed E-state index contributed by atoms with van der Waals surface area (Å²) in [5, 5.41) is 1.46. The van der Waals surface area contributed by atoms with Crippen molar-refractivity contribution in [3.63, 3.8) is 0 Å². The lowest BCUT2D eigenvalue weighted by atomic mass is 9.60. The van der Waals surface area contributed by atoms with Gasteiger partial charge in [0.2, 0.25) is 0 Å². The molecule has 5 aliphatic rings. The van der Waals surface area contributed by atoms with Crippen molar-refractivity contribution in [2.24, 2.45) is 11.8 Å². The van der Waals surface area contributed by atoms with Crippen LogP contribution < -0.4 is 0 Å². The monoisotopic (exact) mass is 347 g/mol. The number of nitrogens with one attached hydrogen (secondary N) is 1. The van der Waals surface area contributed by atoms with Crippen LogP contribution >= 0.6 is 0 Å². The van der Waals surface area contributed by atoms with Gasteiger partial charge in [0, 0.05) is 41.8 Å². The quantitative estimate of drug-likeness (QED) is 0.826. The van der Waals surface area contributed by atoms with E-state index in [9.17, 15) is 0 Å². The Bertz CT molecular complexity index is 852. The highest BCUT2D eigenvalue weighted by molar-refractivity contribution is 5.85. The molecule has 3 nitrogen and oxygen atoms in total. The molecule has 1 unspecified atom stereocenters. The van der Waals surface area contributed by atoms with Gasteiger partial charge in [-0.2, -0.15) is 0 Å². The molecule has 0 radical (unpaired) electrons. The third-order valence-electron chi connectivity index (χ3n) is 7.89. The zero-order valence-corrected chi connectivity index (χ0v) is 15.5. The molecule has 5 heterocycles. The van der Waals surface area contributed by atoms with Crippen LogP contribution in [0.4, 0.5) is 0 Å². The van der Waals surface area contributed by atoms with Crippen LogP contribution in [0.25, 0.3) is 10.9 Å². The van der Waals surface area contributed by atoms with Crippen molar-refractivity contribution in [3.05, 3.63) is 48.2 Å². The molecule has 0 amide bonds. The molecule has 4 fully saturated rings. The zero-order valence-electron chi connectivity index (χ0n) is 15.5. The molecule has 3 heteroatoms. The maximum absolute atomic E-state index is 4.04. The molecule has 5 atom stereocenters. The molecule has 3 saturated heterocycles. The van der Waals surface area contributed by atoms with Gasteiger partial charge in [-0.15, -0.1) is 6.58 Å². The van der Waals surface area contributed by atoms with Crippen molar-refractivity contribution in [2.75, 3.05) is 19.6 Å². The third kappa shape index (κ3) is 1.96. The molecule has 2 aromatic rings. The summed E-state index contributed by atoms with van der Waals surface area (Å²) in [4.78, 5) is 9.54. The first-order valence-corrected chi connectivity index (χ1v) is 10.6. The number of nitrogens with zero attached hydrogens (tertiary/aromatic N) is 2. The van der Waals surface area contributed by atoms with E-state index in [4.69, 9.17) is 0 Å². The molecular weight excluding hydrogens is 318 g/mol. The molecule has 1 aliphatic carbocycles. The lowest BCUT2D eigenvalue weighted by Crippen LogP contribution is -2.67. The third-order valence-corrected chi connectivity index (χ3v) is 7.89. The number of para-hydroxylation sites is 1. The summed E-state index contributed by atoms with van der Waals surface area (Å²) in [5.74, 6) is 1.65. The number of likely N-dealkylation sites (tertiary alicyclic amines) is 1. The van der Waals surface area contributed by atoms with E-state index in [0.717, 1.165) is 30.5 Å². The fourth-order valence-electron chi connectivity index (χ4n) is 7.13. The van der Waals surface area contributed by atoms with E-state index in [1.807, 2.05) is 0 Å². The minimum absolute atomic E-state index is 0.608. The fourth-order valence-corrected chi connectivity index (χ4v) is 7.13. The summed E-state index contributed by atoms with van der Waals surface area (Å²) in [5.41, 5.74) is 4.50. The second-order valence-electron chi connectivity index (χ2n) is 8.88. The number of fused-ring (bicyclic) bond motifs is 4. The Morgan fingerprint density at radius 1 is 1.12 bits per heavy atom. The van der Waals surface area contributed by atoms with Gasteiger partial charge >= 0.3 is 0 Å². The van der Waals surface area contributed by atoms with Gasteiger partial charge in [0.25, 0.3) is 0 Å². The van der Waals surface area contributed by atoms with Crippen molar-refractivity contribution in [1.29, 1.82) is 0 Å². The van der Waals surface area contributed by atoms with E-state index in [1.54, 1.807) is 11.3 Å². The summed E-state index contributed by atoms with van der Waals surface area (Å²) < 4.78 is 0.